The Kier molecular flexibility index (Phi) is 5.47. The molecule has 2 aromatic rings. The molecule has 0 spiro atoms. The number of hydrogen-bond acceptors (Lipinski definition) is 3. The van der Waals surface area contributed by atoms with Crippen LogP contribution in [0.2, 0.25) is 0 Å². The fourth-order valence-corrected chi connectivity index (χ4v) is 3.19. The summed E-state index contributed by atoms with van der Waals surface area (Å²) in [6.45, 7) is 1.70. The number of nitrogen functional groups attached to an aromatic ring is 1. The predicted octanol–water partition coefficient (Wildman–Crippen LogP) is 5.46. The van der Waals surface area contributed by atoms with Gasteiger partial charge in [0.05, 0.1) is 11.1 Å². The van der Waals surface area contributed by atoms with Gasteiger partial charge in [-0.1, -0.05) is 18.9 Å². The van der Waals surface area contributed by atoms with E-state index in [0.29, 0.717) is 11.9 Å². The Labute approximate surface area is 149 Å². The number of pyridine rings is 1. The molecule has 0 aliphatic heterocycles. The second kappa shape index (κ2) is 7.11. The van der Waals surface area contributed by atoms with Gasteiger partial charge in [0.2, 0.25) is 0 Å². The number of benzene rings is 1. The van der Waals surface area contributed by atoms with Crippen LogP contribution in [0.1, 0.15) is 23.6 Å². The molecule has 2 rings (SSSR count). The first-order chi connectivity index (χ1) is 12.0. The van der Waals surface area contributed by atoms with Gasteiger partial charge in [0, 0.05) is 27.8 Å². The summed E-state index contributed by atoms with van der Waals surface area (Å²) < 4.78 is 78.5. The number of hydrogen-bond donors (Lipinski definition) is 1. The maximum Gasteiger partial charge on any atom is 0.419 e. The largest absolute Gasteiger partial charge is 0.419 e. The van der Waals surface area contributed by atoms with Crippen LogP contribution >= 0.6 is 11.8 Å². The van der Waals surface area contributed by atoms with E-state index in [-0.39, 0.29) is 21.8 Å². The Morgan fingerprint density at radius 3 is 2.31 bits per heavy atom. The number of rotatable bonds is 3. The standard InChI is InChI=1S/C17H12F6N2S/c1-3-10-12(17(21,22)23)8-25-15(24)14(10)11-6-5-9(16(18,19)20)7-13(11)26-4-2/h1,5-8H,4H2,2H3,(H2,24,25). The highest BCUT2D eigenvalue weighted by Crippen LogP contribution is 2.43. The predicted molar refractivity (Wildman–Crippen MR) is 88.4 cm³/mol. The van der Waals surface area contributed by atoms with Gasteiger partial charge in [-0.05, 0) is 17.9 Å². The van der Waals surface area contributed by atoms with Gasteiger partial charge in [-0.25, -0.2) is 4.98 Å². The highest BCUT2D eigenvalue weighted by atomic mass is 32.2. The van der Waals surface area contributed by atoms with E-state index in [2.05, 4.69) is 4.98 Å². The third-order valence-corrected chi connectivity index (χ3v) is 4.37. The lowest BCUT2D eigenvalue weighted by Crippen LogP contribution is -2.12. The fraction of sp³-hybridized carbons (Fsp3) is 0.235. The summed E-state index contributed by atoms with van der Waals surface area (Å²) in [5.74, 6) is 2.06. The minimum atomic E-state index is -4.78. The smallest absolute Gasteiger partial charge is 0.383 e. The molecule has 1 aromatic heterocycles. The molecule has 0 fully saturated rings. The Balaban J connectivity index is 2.82. The number of thioether (sulfide) groups is 1. The minimum Gasteiger partial charge on any atom is -0.383 e. The second-order valence-electron chi connectivity index (χ2n) is 5.09. The number of terminal acetylenes is 1. The van der Waals surface area contributed by atoms with Crippen LogP contribution in [0, 0.1) is 12.3 Å². The highest BCUT2D eigenvalue weighted by Gasteiger charge is 2.36. The number of halogens is 6. The first-order valence-corrected chi connectivity index (χ1v) is 8.16. The number of nitrogens with zero attached hydrogens (tertiary/aromatic N) is 1. The van der Waals surface area contributed by atoms with E-state index < -0.39 is 29.0 Å². The van der Waals surface area contributed by atoms with Crippen LogP contribution in [0.15, 0.2) is 29.3 Å². The van der Waals surface area contributed by atoms with Crippen LogP contribution in [0.5, 0.6) is 0 Å². The molecule has 2 nitrogen and oxygen atoms in total. The molecule has 26 heavy (non-hydrogen) atoms. The Bertz CT molecular complexity index is 865. The van der Waals surface area contributed by atoms with Crippen molar-refractivity contribution in [3.05, 3.63) is 41.1 Å². The van der Waals surface area contributed by atoms with E-state index in [1.54, 1.807) is 6.92 Å². The van der Waals surface area contributed by atoms with E-state index >= 15 is 0 Å². The first kappa shape index (κ1) is 20.0. The summed E-state index contributed by atoms with van der Waals surface area (Å²) in [5.41, 5.74) is 2.96. The molecule has 138 valence electrons. The Hall–Kier alpha value is -2.34. The molecule has 9 heteroatoms. The van der Waals surface area contributed by atoms with E-state index in [1.165, 1.54) is 0 Å². The molecule has 0 unspecified atom stereocenters. The van der Waals surface area contributed by atoms with Crippen LogP contribution in [0.25, 0.3) is 11.1 Å². The molecule has 0 bridgehead atoms. The number of anilines is 1. The topological polar surface area (TPSA) is 38.9 Å². The zero-order valence-electron chi connectivity index (χ0n) is 13.3. The molecule has 0 aliphatic rings. The lowest BCUT2D eigenvalue weighted by atomic mass is 9.96. The highest BCUT2D eigenvalue weighted by molar-refractivity contribution is 7.99. The molecular weight excluding hydrogens is 378 g/mol. The molecule has 0 radical (unpaired) electrons. The van der Waals surface area contributed by atoms with Crippen molar-refractivity contribution in [1.82, 2.24) is 4.98 Å². The van der Waals surface area contributed by atoms with E-state index in [0.717, 1.165) is 30.0 Å². The first-order valence-electron chi connectivity index (χ1n) is 7.17. The molecule has 1 heterocycles. The Morgan fingerprint density at radius 2 is 1.81 bits per heavy atom. The number of aromatic nitrogens is 1. The zero-order chi connectivity index (χ0) is 19.7. The lowest BCUT2D eigenvalue weighted by molar-refractivity contribution is -0.138. The molecule has 0 saturated carbocycles. The number of alkyl halides is 6. The van der Waals surface area contributed by atoms with E-state index in [1.807, 2.05) is 5.92 Å². The lowest BCUT2D eigenvalue weighted by Gasteiger charge is -2.18. The van der Waals surface area contributed by atoms with Crippen LogP contribution in [-0.2, 0) is 12.4 Å². The van der Waals surface area contributed by atoms with Crippen molar-refractivity contribution < 1.29 is 26.3 Å². The maximum absolute atomic E-state index is 13.2. The van der Waals surface area contributed by atoms with Crippen molar-refractivity contribution in [1.29, 1.82) is 0 Å². The molecule has 0 saturated heterocycles. The maximum atomic E-state index is 13.2. The second-order valence-corrected chi connectivity index (χ2v) is 6.40. The SMILES string of the molecule is C#Cc1c(C(F)(F)F)cnc(N)c1-c1ccc(C(F)(F)F)cc1SCC. The van der Waals surface area contributed by atoms with Gasteiger partial charge in [0.25, 0.3) is 0 Å². The third kappa shape index (κ3) is 3.90. The summed E-state index contributed by atoms with van der Waals surface area (Å²) in [6, 6.07) is 2.70. The minimum absolute atomic E-state index is 0.0777. The van der Waals surface area contributed by atoms with Crippen LogP contribution in [0.4, 0.5) is 32.2 Å². The van der Waals surface area contributed by atoms with Crippen LogP contribution < -0.4 is 5.73 Å². The average molecular weight is 390 g/mol. The molecular formula is C17H12F6N2S. The van der Waals surface area contributed by atoms with Crippen LogP contribution in [0.3, 0.4) is 0 Å². The van der Waals surface area contributed by atoms with Crippen LogP contribution in [-0.4, -0.2) is 10.7 Å². The van der Waals surface area contributed by atoms with Gasteiger partial charge in [-0.2, -0.15) is 26.3 Å². The molecule has 0 amide bonds. The van der Waals surface area contributed by atoms with Gasteiger partial charge >= 0.3 is 12.4 Å². The van der Waals surface area contributed by atoms with Crippen molar-refractivity contribution in [2.45, 2.75) is 24.2 Å². The molecule has 0 atom stereocenters. The van der Waals surface area contributed by atoms with Crippen molar-refractivity contribution in [3.63, 3.8) is 0 Å². The van der Waals surface area contributed by atoms with Gasteiger partial charge in [0.1, 0.15) is 5.82 Å². The normalized spacial score (nSPS) is 12.1. The number of nitrogens with two attached hydrogens (primary N) is 1. The molecule has 2 N–H and O–H groups in total. The third-order valence-electron chi connectivity index (χ3n) is 3.44. The quantitative estimate of drug-likeness (QED) is 0.430. The molecule has 0 aliphatic carbocycles. The monoisotopic (exact) mass is 390 g/mol. The summed E-state index contributed by atoms with van der Waals surface area (Å²) in [5, 5.41) is 0. The average Bonchev–Trinajstić information content (AvgIpc) is 2.53. The summed E-state index contributed by atoms with van der Waals surface area (Å²) >= 11 is 1.04. The molecule has 1 aromatic carbocycles. The van der Waals surface area contributed by atoms with E-state index in [9.17, 15) is 26.3 Å². The fourth-order valence-electron chi connectivity index (χ4n) is 2.34. The van der Waals surface area contributed by atoms with Gasteiger partial charge in [-0.15, -0.1) is 18.2 Å². The Morgan fingerprint density at radius 1 is 1.15 bits per heavy atom. The van der Waals surface area contributed by atoms with Gasteiger partial charge in [0.15, 0.2) is 0 Å². The zero-order valence-corrected chi connectivity index (χ0v) is 14.1. The van der Waals surface area contributed by atoms with Crippen molar-refractivity contribution in [3.8, 4) is 23.5 Å². The van der Waals surface area contributed by atoms with Crippen molar-refractivity contribution in [2.75, 3.05) is 11.5 Å². The summed E-state index contributed by atoms with van der Waals surface area (Å²) in [6.07, 6.45) is -3.59. The van der Waals surface area contributed by atoms with Crippen molar-refractivity contribution in [2.24, 2.45) is 0 Å². The van der Waals surface area contributed by atoms with E-state index in [4.69, 9.17) is 12.2 Å². The van der Waals surface area contributed by atoms with Gasteiger partial charge < -0.3 is 5.73 Å². The van der Waals surface area contributed by atoms with Gasteiger partial charge in [-0.3, -0.25) is 0 Å². The summed E-state index contributed by atoms with van der Waals surface area (Å²) in [7, 11) is 0. The summed E-state index contributed by atoms with van der Waals surface area (Å²) in [4.78, 5) is 3.65. The van der Waals surface area contributed by atoms with Crippen molar-refractivity contribution >= 4 is 17.6 Å².